The van der Waals surface area contributed by atoms with Gasteiger partial charge in [-0.1, -0.05) is 43.2 Å². The lowest BCUT2D eigenvalue weighted by atomic mass is 10.00. The first kappa shape index (κ1) is 40.4. The molecule has 5 heterocycles. The molecule has 0 spiro atoms. The van der Waals surface area contributed by atoms with Gasteiger partial charge in [0.15, 0.2) is 11.5 Å². The lowest BCUT2D eigenvalue weighted by Crippen LogP contribution is -2.58. The fraction of sp³-hybridized carbons (Fsp3) is 0.452. The molecule has 0 bridgehead atoms. The van der Waals surface area contributed by atoms with Gasteiger partial charge in [-0.15, -0.1) is 0 Å². The highest BCUT2D eigenvalue weighted by Gasteiger charge is 2.65. The summed E-state index contributed by atoms with van der Waals surface area (Å²) >= 11 is 0. The van der Waals surface area contributed by atoms with Crippen LogP contribution in [0.1, 0.15) is 74.7 Å². The first-order chi connectivity index (χ1) is 29.2. The normalized spacial score (nSPS) is 25.8. The number of rotatable bonds is 8. The van der Waals surface area contributed by atoms with Crippen molar-refractivity contribution in [2.45, 2.75) is 99.1 Å². The molecule has 16 nitrogen and oxygen atoms in total. The highest BCUT2D eigenvalue weighted by Crippen LogP contribution is 2.51. The van der Waals surface area contributed by atoms with E-state index in [4.69, 9.17) is 19.1 Å². The zero-order valence-corrected chi connectivity index (χ0v) is 34.0. The van der Waals surface area contributed by atoms with Crippen LogP contribution < -0.4 is 20.1 Å². The molecule has 4 aliphatic rings. The second-order valence-electron chi connectivity index (χ2n) is 16.6. The number of benzene rings is 2. The molecule has 4 amide bonds. The number of sulfonamides is 1. The van der Waals surface area contributed by atoms with Gasteiger partial charge in [-0.2, -0.15) is 5.10 Å². The van der Waals surface area contributed by atoms with Crippen molar-refractivity contribution in [1.82, 2.24) is 40.0 Å². The summed E-state index contributed by atoms with van der Waals surface area (Å²) in [5.41, 5.74) is 0.00495. The lowest BCUT2D eigenvalue weighted by molar-refractivity contribution is -0.141. The lowest BCUT2D eigenvalue weighted by Gasteiger charge is -2.30. The Labute approximate surface area is 348 Å². The Morgan fingerprint density at radius 2 is 1.72 bits per heavy atom. The standard InChI is InChI=1S/C42H44F2N8O8S/c1-51-18-16-30(49-51)36(53)46-31-12-3-2-8-17-41(43,44)21-25-22-42(25,40(56)50-61(57,58)27-14-15-27)48-37(54)32-20-26(23-52(32)39(31)55)59-38-35(45-28-10-5-6-11-29(28)47-38)34-19-24-9-4-7-13-33(24)60-34/h4-7,9-11,13,16,18-19,25-27,31-32H,2-3,8,12,14-15,17,20-23H2,1H3,(H,46,53)(H,48,54)(H,50,56)/t25-,26-,31+,32+,42-/m1/s1. The van der Waals surface area contributed by atoms with Crippen LogP contribution in [-0.2, 0) is 31.5 Å². The monoisotopic (exact) mass is 858 g/mol. The van der Waals surface area contributed by atoms with Gasteiger partial charge in [0.1, 0.15) is 35.0 Å². The number of amides is 4. The third kappa shape index (κ3) is 8.26. The van der Waals surface area contributed by atoms with E-state index in [1.807, 2.05) is 30.3 Å². The fourth-order valence-electron chi connectivity index (χ4n) is 8.50. The summed E-state index contributed by atoms with van der Waals surface area (Å²) in [6, 6.07) is 15.3. The Bertz CT molecular complexity index is 2630. The molecule has 2 saturated heterocycles. The summed E-state index contributed by atoms with van der Waals surface area (Å²) in [5, 5.41) is 9.58. The molecule has 4 fully saturated rings. The van der Waals surface area contributed by atoms with Crippen LogP contribution in [-0.4, -0.2) is 98.1 Å². The largest absolute Gasteiger partial charge is 0.471 e. The maximum atomic E-state index is 15.5. The van der Waals surface area contributed by atoms with Crippen molar-refractivity contribution in [3.05, 3.63) is 72.6 Å². The first-order valence-corrected chi connectivity index (χ1v) is 22.0. The van der Waals surface area contributed by atoms with E-state index in [0.29, 0.717) is 48.1 Å². The molecular formula is C42H44F2N8O8S. The molecule has 2 saturated carbocycles. The number of nitrogens with one attached hydrogen (secondary N) is 3. The minimum Gasteiger partial charge on any atom is -0.471 e. The van der Waals surface area contributed by atoms with E-state index < -0.39 is 87.3 Å². The average molecular weight is 859 g/mol. The van der Waals surface area contributed by atoms with Gasteiger partial charge >= 0.3 is 0 Å². The molecule has 2 aliphatic heterocycles. The molecule has 0 unspecified atom stereocenters. The van der Waals surface area contributed by atoms with E-state index in [-0.39, 0.29) is 49.5 Å². The van der Waals surface area contributed by atoms with Crippen LogP contribution in [0.3, 0.4) is 0 Å². The molecule has 5 aromatic rings. The van der Waals surface area contributed by atoms with Crippen LogP contribution >= 0.6 is 0 Å². The van der Waals surface area contributed by atoms with E-state index in [1.165, 1.54) is 15.6 Å². The summed E-state index contributed by atoms with van der Waals surface area (Å²) < 4.78 is 73.1. The molecule has 61 heavy (non-hydrogen) atoms. The predicted molar refractivity (Wildman–Crippen MR) is 215 cm³/mol. The van der Waals surface area contributed by atoms with Crippen molar-refractivity contribution < 1.29 is 45.5 Å². The number of alkyl halides is 2. The number of fused-ring (bicyclic) bond motifs is 4. The van der Waals surface area contributed by atoms with E-state index >= 15 is 8.78 Å². The number of hydrogen-bond donors (Lipinski definition) is 3. The minimum absolute atomic E-state index is 0.0460. The topological polar surface area (TPSA) is 208 Å². The molecule has 19 heteroatoms. The number of furan rings is 1. The molecule has 5 atom stereocenters. The van der Waals surface area contributed by atoms with E-state index in [2.05, 4.69) is 20.5 Å². The smallest absolute Gasteiger partial charge is 0.272 e. The Hall–Kier alpha value is -5.98. The van der Waals surface area contributed by atoms with Crippen LogP contribution in [0.4, 0.5) is 8.78 Å². The Balaban J connectivity index is 1.07. The summed E-state index contributed by atoms with van der Waals surface area (Å²) in [5.74, 6) is -7.13. The molecule has 9 rings (SSSR count). The van der Waals surface area contributed by atoms with Crippen molar-refractivity contribution >= 4 is 55.7 Å². The second kappa shape index (κ2) is 15.5. The first-order valence-electron chi connectivity index (χ1n) is 20.5. The molecule has 2 aromatic carbocycles. The average Bonchev–Trinajstić information content (AvgIpc) is 4.03. The number of halogens is 2. The number of hydrogen-bond acceptors (Lipinski definition) is 11. The van der Waals surface area contributed by atoms with Crippen molar-refractivity contribution in [1.29, 1.82) is 0 Å². The van der Waals surface area contributed by atoms with E-state index in [0.717, 1.165) is 5.39 Å². The summed E-state index contributed by atoms with van der Waals surface area (Å²) in [6.45, 7) is -0.183. The van der Waals surface area contributed by atoms with Crippen LogP contribution in [0.15, 0.2) is 71.3 Å². The zero-order valence-electron chi connectivity index (χ0n) is 33.2. The second-order valence-corrected chi connectivity index (χ2v) is 18.6. The van der Waals surface area contributed by atoms with E-state index in [9.17, 15) is 27.6 Å². The van der Waals surface area contributed by atoms with Crippen molar-refractivity contribution in [2.24, 2.45) is 13.0 Å². The van der Waals surface area contributed by atoms with Crippen molar-refractivity contribution in [3.8, 4) is 17.3 Å². The van der Waals surface area contributed by atoms with Crippen LogP contribution in [0.2, 0.25) is 0 Å². The molecular weight excluding hydrogens is 815 g/mol. The maximum Gasteiger partial charge on any atom is 0.272 e. The molecule has 3 N–H and O–H groups in total. The van der Waals surface area contributed by atoms with Gasteiger partial charge in [0.05, 0.1) is 22.8 Å². The summed E-state index contributed by atoms with van der Waals surface area (Å²) in [4.78, 5) is 67.5. The molecule has 2 aliphatic carbocycles. The van der Waals surface area contributed by atoms with Crippen LogP contribution in [0.5, 0.6) is 5.88 Å². The Morgan fingerprint density at radius 3 is 2.46 bits per heavy atom. The number of para-hydroxylation sites is 3. The zero-order chi connectivity index (χ0) is 42.7. The molecule has 320 valence electrons. The summed E-state index contributed by atoms with van der Waals surface area (Å²) in [7, 11) is -2.48. The third-order valence-corrected chi connectivity index (χ3v) is 13.8. The van der Waals surface area contributed by atoms with Gasteiger partial charge in [0.2, 0.25) is 33.6 Å². The maximum absolute atomic E-state index is 15.5. The highest BCUT2D eigenvalue weighted by atomic mass is 32.2. The van der Waals surface area contributed by atoms with Crippen LogP contribution in [0, 0.1) is 5.92 Å². The summed E-state index contributed by atoms with van der Waals surface area (Å²) in [6.07, 6.45) is 0.452. The van der Waals surface area contributed by atoms with E-state index in [1.54, 1.807) is 37.5 Å². The SMILES string of the molecule is Cn1ccc(C(=O)N[C@H]2CCCCCC(F)(F)C[C@@H]3C[C@@]3(C(=O)NS(=O)(=O)C3CC3)NC(=O)[C@@H]3C[C@@H](Oc4nc5ccccc5nc4-c4cc5ccccc5o4)CN3C2=O)n1. The number of ether oxygens (including phenoxy) is 1. The fourth-order valence-corrected chi connectivity index (χ4v) is 9.87. The van der Waals surface area contributed by atoms with Gasteiger partial charge in [0, 0.05) is 37.9 Å². The Kier molecular flexibility index (Phi) is 10.3. The Morgan fingerprint density at radius 1 is 0.967 bits per heavy atom. The van der Waals surface area contributed by atoms with Gasteiger partial charge in [-0.05, 0) is 68.4 Å². The van der Waals surface area contributed by atoms with Gasteiger partial charge < -0.3 is 24.7 Å². The minimum atomic E-state index is -4.11. The number of aromatic nitrogens is 4. The van der Waals surface area contributed by atoms with Gasteiger partial charge in [-0.3, -0.25) is 28.6 Å². The number of aryl methyl sites for hydroxylation is 1. The molecule has 3 aromatic heterocycles. The quantitative estimate of drug-likeness (QED) is 0.199. The van der Waals surface area contributed by atoms with Crippen molar-refractivity contribution in [2.75, 3.05) is 6.54 Å². The third-order valence-electron chi connectivity index (χ3n) is 12.0. The number of carbonyl (C=O) groups excluding carboxylic acids is 4. The number of nitrogens with zero attached hydrogens (tertiary/aromatic N) is 5. The van der Waals surface area contributed by atoms with Gasteiger partial charge in [-0.25, -0.2) is 27.2 Å². The highest BCUT2D eigenvalue weighted by molar-refractivity contribution is 7.91. The number of carbonyl (C=O) groups is 4. The van der Waals surface area contributed by atoms with Gasteiger partial charge in [0.25, 0.3) is 11.8 Å². The van der Waals surface area contributed by atoms with Crippen molar-refractivity contribution in [3.63, 3.8) is 0 Å². The predicted octanol–water partition coefficient (Wildman–Crippen LogP) is 4.40. The van der Waals surface area contributed by atoms with Crippen LogP contribution in [0.25, 0.3) is 33.5 Å². The molecule has 0 radical (unpaired) electrons.